The van der Waals surface area contributed by atoms with Gasteiger partial charge in [-0.1, -0.05) is 92.1 Å². The quantitative estimate of drug-likeness (QED) is 0.125. The van der Waals surface area contributed by atoms with Crippen LogP contribution < -0.4 is 5.32 Å². The van der Waals surface area contributed by atoms with Gasteiger partial charge >= 0.3 is 6.09 Å². The molecular weight excluding hydrogens is 737 g/mol. The maximum atomic E-state index is 14.3. The Kier molecular flexibility index (Phi) is 19.8. The van der Waals surface area contributed by atoms with E-state index in [0.29, 0.717) is 26.1 Å². The minimum atomic E-state index is -0.596. The molecule has 0 saturated carbocycles. The van der Waals surface area contributed by atoms with Gasteiger partial charge in [-0.05, 0) is 56.0 Å². The van der Waals surface area contributed by atoms with Crippen molar-refractivity contribution in [1.82, 2.24) is 20.0 Å². The summed E-state index contributed by atoms with van der Waals surface area (Å²) < 4.78 is 18.2. The molecule has 2 fully saturated rings. The predicted octanol–water partition coefficient (Wildman–Crippen LogP) is 6.95. The summed E-state index contributed by atoms with van der Waals surface area (Å²) in [5.74, 6) is -1.54. The average Bonchev–Trinajstić information content (AvgIpc) is 3.92. The predicted molar refractivity (Wildman–Crippen MR) is 227 cm³/mol. The van der Waals surface area contributed by atoms with Gasteiger partial charge in [0.25, 0.3) is 0 Å². The molecule has 2 aliphatic rings. The molecule has 0 bridgehead atoms. The Morgan fingerprint density at radius 3 is 1.98 bits per heavy atom. The van der Waals surface area contributed by atoms with Crippen molar-refractivity contribution < 1.29 is 38.2 Å². The van der Waals surface area contributed by atoms with E-state index in [1.165, 1.54) is 0 Å². The first-order chi connectivity index (χ1) is 27.5. The van der Waals surface area contributed by atoms with Crippen LogP contribution in [0.5, 0.6) is 0 Å². The number of ether oxygens (including phenoxy) is 3. The largest absolute Gasteiger partial charge is 0.441 e. The van der Waals surface area contributed by atoms with E-state index in [4.69, 9.17) is 14.2 Å². The van der Waals surface area contributed by atoms with Crippen molar-refractivity contribution in [1.29, 1.82) is 0 Å². The third-order valence-electron chi connectivity index (χ3n) is 13.0. The Hall–Kier alpha value is -3.35. The van der Waals surface area contributed by atoms with Crippen molar-refractivity contribution in [3.8, 4) is 0 Å². The van der Waals surface area contributed by atoms with Gasteiger partial charge in [0.15, 0.2) is 5.78 Å². The molecule has 12 nitrogen and oxygen atoms in total. The zero-order valence-corrected chi connectivity index (χ0v) is 37.7. The van der Waals surface area contributed by atoms with Gasteiger partial charge in [-0.2, -0.15) is 0 Å². The van der Waals surface area contributed by atoms with Gasteiger partial charge in [0, 0.05) is 71.5 Å². The molecule has 2 aliphatic heterocycles. The highest BCUT2D eigenvalue weighted by Crippen LogP contribution is 2.34. The number of carbonyl (C=O) groups excluding carboxylic acids is 5. The van der Waals surface area contributed by atoms with Crippen molar-refractivity contribution in [3.05, 3.63) is 35.9 Å². The molecule has 0 aliphatic carbocycles. The molecule has 1 aromatic rings. The molecule has 2 heterocycles. The molecule has 1 aromatic carbocycles. The number of likely N-dealkylation sites (N-methyl/N-ethyl adjacent to an activating group) is 2. The van der Waals surface area contributed by atoms with E-state index in [2.05, 4.69) is 19.2 Å². The summed E-state index contributed by atoms with van der Waals surface area (Å²) in [5, 5.41) is 3.12. The van der Waals surface area contributed by atoms with Crippen LogP contribution in [0.3, 0.4) is 0 Å². The number of nitrogens with zero attached hydrogens (tertiary/aromatic N) is 3. The Balaban J connectivity index is 1.77. The summed E-state index contributed by atoms with van der Waals surface area (Å²) in [7, 11) is 6.73. The molecular formula is C46H76N4O8. The van der Waals surface area contributed by atoms with Crippen LogP contribution in [-0.4, -0.2) is 122 Å². The minimum absolute atomic E-state index is 0.00556. The molecule has 0 spiro atoms. The highest BCUT2D eigenvalue weighted by molar-refractivity contribution is 5.90. The topological polar surface area (TPSA) is 135 Å². The third kappa shape index (κ3) is 12.6. The zero-order valence-electron chi connectivity index (χ0n) is 37.7. The van der Waals surface area contributed by atoms with Crippen LogP contribution in [0.15, 0.2) is 30.3 Å². The van der Waals surface area contributed by atoms with Crippen molar-refractivity contribution in [2.45, 2.75) is 143 Å². The number of nitrogens with one attached hydrogen (secondary N) is 1. The summed E-state index contributed by atoms with van der Waals surface area (Å²) in [6.07, 6.45) is 2.41. The lowest BCUT2D eigenvalue weighted by atomic mass is 9.84. The first kappa shape index (κ1) is 49.0. The highest BCUT2D eigenvalue weighted by atomic mass is 16.6. The summed E-state index contributed by atoms with van der Waals surface area (Å²) in [4.78, 5) is 74.5. The number of rotatable bonds is 23. The molecule has 0 radical (unpaired) electrons. The summed E-state index contributed by atoms with van der Waals surface area (Å²) >= 11 is 0. The first-order valence-corrected chi connectivity index (χ1v) is 21.9. The number of hydrogen-bond acceptors (Lipinski definition) is 9. The smallest absolute Gasteiger partial charge is 0.410 e. The lowest BCUT2D eigenvalue weighted by molar-refractivity contribution is -0.149. The van der Waals surface area contributed by atoms with Gasteiger partial charge < -0.3 is 34.2 Å². The van der Waals surface area contributed by atoms with Crippen LogP contribution in [0, 0.1) is 35.5 Å². The van der Waals surface area contributed by atoms with Gasteiger partial charge in [-0.25, -0.2) is 4.79 Å². The standard InChI is InChI=1S/C46H76N4O8/c1-13-31(6)42(48(10)45(54)35(29(2)3)27-38(52)41(47-9)30(4)5)39(56-11)28-40(53)50-25-19-22-36(50)44(57-12)33(8)37(51)26-32(7)43(34-20-15-14-16-21-34)58-46(55)49-23-17-18-24-49/h14-16,20-21,29-33,35-36,39,41-44,47H,13,17-19,22-28H2,1-12H3/t31-,32-,33-,35-,36-,39?,41-,42-,43+,44+/m0/s1. The van der Waals surface area contributed by atoms with Crippen molar-refractivity contribution in [3.63, 3.8) is 0 Å². The van der Waals surface area contributed by atoms with Gasteiger partial charge in [-0.3, -0.25) is 19.2 Å². The first-order valence-electron chi connectivity index (χ1n) is 21.9. The molecule has 0 aromatic heterocycles. The summed E-state index contributed by atoms with van der Waals surface area (Å²) in [6.45, 7) is 17.8. The zero-order chi connectivity index (χ0) is 43.3. The van der Waals surface area contributed by atoms with Gasteiger partial charge in [0.05, 0.1) is 36.8 Å². The number of methoxy groups -OCH3 is 2. The lowest BCUT2D eigenvalue weighted by Gasteiger charge is -2.41. The number of likely N-dealkylation sites (tertiary alicyclic amines) is 2. The Bertz CT molecular complexity index is 1470. The molecule has 2 saturated heterocycles. The van der Waals surface area contributed by atoms with Crippen LogP contribution in [-0.2, 0) is 33.4 Å². The third-order valence-corrected chi connectivity index (χ3v) is 13.0. The fourth-order valence-electron chi connectivity index (χ4n) is 9.27. The second kappa shape index (κ2) is 23.4. The van der Waals surface area contributed by atoms with E-state index in [0.717, 1.165) is 31.2 Å². The normalized spacial score (nSPS) is 20.6. The van der Waals surface area contributed by atoms with Crippen LogP contribution in [0.25, 0.3) is 0 Å². The van der Waals surface area contributed by atoms with E-state index in [1.54, 1.807) is 38.1 Å². The molecule has 328 valence electrons. The second-order valence-corrected chi connectivity index (χ2v) is 17.7. The lowest BCUT2D eigenvalue weighted by Crippen LogP contribution is -2.54. The monoisotopic (exact) mass is 813 g/mol. The molecule has 3 amide bonds. The van der Waals surface area contributed by atoms with Crippen LogP contribution in [0.4, 0.5) is 4.79 Å². The maximum Gasteiger partial charge on any atom is 0.410 e. The number of Topliss-reactive ketones (excluding diaryl/α,β-unsaturated/α-hetero) is 2. The van der Waals surface area contributed by atoms with Gasteiger partial charge in [0.2, 0.25) is 11.8 Å². The molecule has 1 unspecified atom stereocenters. The number of carbonyl (C=O) groups is 5. The number of benzene rings is 1. The summed E-state index contributed by atoms with van der Waals surface area (Å²) in [5.41, 5.74) is 0.844. The van der Waals surface area contributed by atoms with Crippen molar-refractivity contribution in [2.75, 3.05) is 47.9 Å². The Morgan fingerprint density at radius 2 is 1.45 bits per heavy atom. The Morgan fingerprint density at radius 1 is 0.810 bits per heavy atom. The fourth-order valence-corrected chi connectivity index (χ4v) is 9.27. The number of hydrogen-bond donors (Lipinski definition) is 1. The SMILES string of the molecule is CC[C@H](C)[C@@H](C(CC(=O)N1CCC[C@H]1[C@H](OC)[C@@H](C)C(=O)C[C@H](C)[C@@H](OC(=O)N1CCCC1)c1ccccc1)OC)N(C)C(=O)[C@@H](CC(=O)[C@@H](NC)C(C)C)C(C)C. The molecule has 1 N–H and O–H groups in total. The fraction of sp³-hybridized carbons (Fsp3) is 0.761. The van der Waals surface area contributed by atoms with E-state index in [1.807, 2.05) is 76.8 Å². The average molecular weight is 813 g/mol. The molecule has 58 heavy (non-hydrogen) atoms. The highest BCUT2D eigenvalue weighted by Gasteiger charge is 2.43. The van der Waals surface area contributed by atoms with E-state index in [9.17, 15) is 24.0 Å². The van der Waals surface area contributed by atoms with Crippen LogP contribution in [0.1, 0.15) is 118 Å². The number of amides is 3. The van der Waals surface area contributed by atoms with E-state index >= 15 is 0 Å². The van der Waals surface area contributed by atoms with Gasteiger partial charge in [-0.15, -0.1) is 0 Å². The van der Waals surface area contributed by atoms with Crippen LogP contribution >= 0.6 is 0 Å². The van der Waals surface area contributed by atoms with Gasteiger partial charge in [0.1, 0.15) is 11.9 Å². The van der Waals surface area contributed by atoms with Crippen LogP contribution in [0.2, 0.25) is 0 Å². The molecule has 10 atom stereocenters. The molecule has 3 rings (SSSR count). The number of ketones is 2. The Labute approximate surface area is 349 Å². The van der Waals surface area contributed by atoms with E-state index in [-0.39, 0.29) is 84.5 Å². The molecule has 12 heteroatoms. The van der Waals surface area contributed by atoms with E-state index < -0.39 is 36.2 Å². The summed E-state index contributed by atoms with van der Waals surface area (Å²) in [6, 6.07) is 8.51. The van der Waals surface area contributed by atoms with Crippen molar-refractivity contribution in [2.24, 2.45) is 35.5 Å². The second-order valence-electron chi connectivity index (χ2n) is 17.7. The minimum Gasteiger partial charge on any atom is -0.441 e. The maximum absolute atomic E-state index is 14.3. The van der Waals surface area contributed by atoms with Crippen molar-refractivity contribution >= 4 is 29.5 Å².